The Labute approximate surface area is 163 Å². The lowest BCUT2D eigenvalue weighted by atomic mass is 9.72. The van der Waals surface area contributed by atoms with Crippen LogP contribution in [-0.4, -0.2) is 29.6 Å². The zero-order valence-electron chi connectivity index (χ0n) is 16.3. The number of benzene rings is 3. The van der Waals surface area contributed by atoms with E-state index < -0.39 is 5.60 Å². The first kappa shape index (κ1) is 19.3. The Hall–Kier alpha value is -2.42. The molecule has 27 heavy (non-hydrogen) atoms. The molecule has 1 N–H and O–H groups in total. The number of aliphatic hydroxyl groups is 1. The number of hydrogen-bond acceptors (Lipinski definition) is 2. The predicted molar refractivity (Wildman–Crippen MR) is 113 cm³/mol. The molecule has 0 aliphatic carbocycles. The second-order valence-corrected chi connectivity index (χ2v) is 6.95. The summed E-state index contributed by atoms with van der Waals surface area (Å²) < 4.78 is 0. The van der Waals surface area contributed by atoms with Gasteiger partial charge >= 0.3 is 0 Å². The van der Waals surface area contributed by atoms with Gasteiger partial charge in [0.2, 0.25) is 0 Å². The summed E-state index contributed by atoms with van der Waals surface area (Å²) in [5, 5.41) is 12.3. The largest absolute Gasteiger partial charge is 0.380 e. The van der Waals surface area contributed by atoms with Crippen LogP contribution in [0.4, 0.5) is 0 Å². The van der Waals surface area contributed by atoms with Crippen LogP contribution in [0.2, 0.25) is 0 Å². The van der Waals surface area contributed by atoms with E-state index in [1.165, 1.54) is 0 Å². The molecular formula is C25H29NO. The first-order valence-corrected chi connectivity index (χ1v) is 9.80. The molecule has 0 spiro atoms. The lowest BCUT2D eigenvalue weighted by Gasteiger charge is -2.40. The van der Waals surface area contributed by atoms with Crippen molar-refractivity contribution in [2.45, 2.75) is 25.4 Å². The normalized spacial score (nSPS) is 12.9. The minimum absolute atomic E-state index is 0.0802. The van der Waals surface area contributed by atoms with Gasteiger partial charge in [-0.3, -0.25) is 0 Å². The number of likely N-dealkylation sites (N-methyl/N-ethyl adjacent to an activating group) is 1. The molecule has 0 saturated carbocycles. The van der Waals surface area contributed by atoms with E-state index in [1.54, 1.807) is 0 Å². The van der Waals surface area contributed by atoms with E-state index in [0.29, 0.717) is 0 Å². The van der Waals surface area contributed by atoms with Gasteiger partial charge in [-0.25, -0.2) is 0 Å². The van der Waals surface area contributed by atoms with Crippen molar-refractivity contribution < 1.29 is 5.11 Å². The highest BCUT2D eigenvalue weighted by atomic mass is 16.3. The van der Waals surface area contributed by atoms with Crippen molar-refractivity contribution in [3.8, 4) is 0 Å². The fourth-order valence-electron chi connectivity index (χ4n) is 3.86. The maximum absolute atomic E-state index is 12.3. The van der Waals surface area contributed by atoms with Crippen molar-refractivity contribution in [2.24, 2.45) is 0 Å². The molecule has 0 saturated heterocycles. The molecule has 2 heteroatoms. The topological polar surface area (TPSA) is 23.5 Å². The second kappa shape index (κ2) is 8.98. The van der Waals surface area contributed by atoms with Crippen LogP contribution >= 0.6 is 0 Å². The monoisotopic (exact) mass is 359 g/mol. The van der Waals surface area contributed by atoms with Crippen LogP contribution in [0.5, 0.6) is 0 Å². The molecule has 2 nitrogen and oxygen atoms in total. The molecule has 3 rings (SSSR count). The van der Waals surface area contributed by atoms with Crippen LogP contribution in [0.15, 0.2) is 91.0 Å². The van der Waals surface area contributed by atoms with Crippen LogP contribution in [-0.2, 0) is 5.60 Å². The van der Waals surface area contributed by atoms with Crippen LogP contribution in [0.1, 0.15) is 36.5 Å². The van der Waals surface area contributed by atoms with Gasteiger partial charge in [0.25, 0.3) is 0 Å². The molecular weight excluding hydrogens is 330 g/mol. The number of hydrogen-bond donors (Lipinski definition) is 1. The molecule has 0 radical (unpaired) electrons. The third kappa shape index (κ3) is 4.13. The molecule has 0 unspecified atom stereocenters. The van der Waals surface area contributed by atoms with Gasteiger partial charge in [-0.15, -0.1) is 0 Å². The van der Waals surface area contributed by atoms with Crippen LogP contribution < -0.4 is 0 Å². The summed E-state index contributed by atoms with van der Waals surface area (Å²) in [5.74, 6) is -0.0802. The average Bonchev–Trinajstić information content (AvgIpc) is 2.76. The molecule has 0 bridgehead atoms. The zero-order chi connectivity index (χ0) is 19.1. The maximum Gasteiger partial charge on any atom is 0.123 e. The van der Waals surface area contributed by atoms with Gasteiger partial charge in [0.05, 0.1) is 0 Å². The van der Waals surface area contributed by atoms with Gasteiger partial charge in [0.15, 0.2) is 0 Å². The van der Waals surface area contributed by atoms with Crippen molar-refractivity contribution in [1.82, 2.24) is 4.90 Å². The quantitative estimate of drug-likeness (QED) is 0.608. The van der Waals surface area contributed by atoms with E-state index in [2.05, 4.69) is 43.0 Å². The molecule has 3 aromatic rings. The molecule has 0 aliphatic heterocycles. The fourth-order valence-corrected chi connectivity index (χ4v) is 3.86. The number of nitrogens with zero attached hydrogens (tertiary/aromatic N) is 1. The summed E-state index contributed by atoms with van der Waals surface area (Å²) in [4.78, 5) is 2.38. The molecule has 140 valence electrons. The standard InChI is InChI=1S/C25H29NO/c1-3-26(4-2)20-24(21-14-8-5-9-15-21)25(27,22-16-10-6-11-17-22)23-18-12-7-13-19-23/h5-19,24,27H,3-4,20H2,1-2H3/t24-/m1/s1. The fraction of sp³-hybridized carbons (Fsp3) is 0.280. The summed E-state index contributed by atoms with van der Waals surface area (Å²) >= 11 is 0. The highest BCUT2D eigenvalue weighted by molar-refractivity contribution is 5.42. The molecule has 0 fully saturated rings. The first-order chi connectivity index (χ1) is 13.2. The van der Waals surface area contributed by atoms with Gasteiger partial charge in [0.1, 0.15) is 5.60 Å². The Morgan fingerprint density at radius 3 is 1.52 bits per heavy atom. The second-order valence-electron chi connectivity index (χ2n) is 6.95. The van der Waals surface area contributed by atoms with Gasteiger partial charge in [-0.05, 0) is 29.8 Å². The third-order valence-electron chi connectivity index (χ3n) is 5.47. The Morgan fingerprint density at radius 1 is 0.704 bits per heavy atom. The van der Waals surface area contributed by atoms with Crippen molar-refractivity contribution in [3.63, 3.8) is 0 Å². The molecule has 0 heterocycles. The van der Waals surface area contributed by atoms with E-state index in [-0.39, 0.29) is 5.92 Å². The molecule has 1 atom stereocenters. The highest BCUT2D eigenvalue weighted by Gasteiger charge is 2.41. The van der Waals surface area contributed by atoms with E-state index in [0.717, 1.165) is 36.3 Å². The van der Waals surface area contributed by atoms with Crippen LogP contribution in [0.25, 0.3) is 0 Å². The SMILES string of the molecule is CCN(CC)C[C@H](c1ccccc1)C(O)(c1ccccc1)c1ccccc1. The Kier molecular flexibility index (Phi) is 6.44. The van der Waals surface area contributed by atoms with Crippen molar-refractivity contribution >= 4 is 0 Å². The van der Waals surface area contributed by atoms with Crippen molar-refractivity contribution in [1.29, 1.82) is 0 Å². The number of rotatable bonds is 8. The summed E-state index contributed by atoms with van der Waals surface area (Å²) in [6, 6.07) is 30.5. The van der Waals surface area contributed by atoms with Crippen LogP contribution in [0, 0.1) is 0 Å². The zero-order valence-corrected chi connectivity index (χ0v) is 16.3. The van der Waals surface area contributed by atoms with E-state index >= 15 is 0 Å². The Bertz CT molecular complexity index is 758. The van der Waals surface area contributed by atoms with Gasteiger partial charge < -0.3 is 10.0 Å². The third-order valence-corrected chi connectivity index (χ3v) is 5.47. The average molecular weight is 360 g/mol. The molecule has 3 aromatic carbocycles. The maximum atomic E-state index is 12.3. The predicted octanol–water partition coefficient (Wildman–Crippen LogP) is 5.05. The molecule has 0 aromatic heterocycles. The van der Waals surface area contributed by atoms with E-state index in [9.17, 15) is 5.11 Å². The first-order valence-electron chi connectivity index (χ1n) is 9.80. The summed E-state index contributed by atoms with van der Waals surface area (Å²) in [6.07, 6.45) is 0. The lowest BCUT2D eigenvalue weighted by molar-refractivity contribution is 0.0350. The summed E-state index contributed by atoms with van der Waals surface area (Å²) in [5.41, 5.74) is 1.90. The van der Waals surface area contributed by atoms with Gasteiger partial charge in [0, 0.05) is 12.5 Å². The lowest BCUT2D eigenvalue weighted by Crippen LogP contribution is -2.42. The summed E-state index contributed by atoms with van der Waals surface area (Å²) in [7, 11) is 0. The minimum atomic E-state index is -1.10. The highest BCUT2D eigenvalue weighted by Crippen LogP contribution is 2.43. The Morgan fingerprint density at radius 2 is 1.11 bits per heavy atom. The van der Waals surface area contributed by atoms with E-state index in [1.807, 2.05) is 66.7 Å². The van der Waals surface area contributed by atoms with Gasteiger partial charge in [-0.2, -0.15) is 0 Å². The smallest absolute Gasteiger partial charge is 0.123 e. The molecule has 0 amide bonds. The van der Waals surface area contributed by atoms with E-state index in [4.69, 9.17) is 0 Å². The summed E-state index contributed by atoms with van der Waals surface area (Å²) in [6.45, 7) is 7.06. The van der Waals surface area contributed by atoms with Crippen molar-refractivity contribution in [3.05, 3.63) is 108 Å². The minimum Gasteiger partial charge on any atom is -0.380 e. The van der Waals surface area contributed by atoms with Gasteiger partial charge in [-0.1, -0.05) is 105 Å². The van der Waals surface area contributed by atoms with Crippen molar-refractivity contribution in [2.75, 3.05) is 19.6 Å². The molecule has 0 aliphatic rings. The van der Waals surface area contributed by atoms with Crippen LogP contribution in [0.3, 0.4) is 0 Å². The Balaban J connectivity index is 2.19.